The lowest BCUT2D eigenvalue weighted by molar-refractivity contribution is 0.120. The van der Waals surface area contributed by atoms with Gasteiger partial charge in [0.2, 0.25) is 0 Å². The Morgan fingerprint density at radius 2 is 0.946 bits per heavy atom. The van der Waals surface area contributed by atoms with E-state index in [2.05, 4.69) is 13.8 Å². The van der Waals surface area contributed by atoms with Gasteiger partial charge in [-0.3, -0.25) is 0 Å². The molecule has 0 aliphatic heterocycles. The maximum absolute atomic E-state index is 11.9. The van der Waals surface area contributed by atoms with Crippen LogP contribution in [-0.4, -0.2) is 26.5 Å². The fourth-order valence-corrected chi connectivity index (χ4v) is 4.13. The first-order chi connectivity index (χ1) is 17.8. The van der Waals surface area contributed by atoms with Gasteiger partial charge in [-0.25, -0.2) is 9.59 Å². The van der Waals surface area contributed by atoms with Crippen molar-refractivity contribution >= 4 is 12.3 Å². The second-order valence-corrected chi connectivity index (χ2v) is 8.89. The van der Waals surface area contributed by atoms with Crippen LogP contribution in [-0.2, 0) is 14.9 Å². The van der Waals surface area contributed by atoms with Crippen molar-refractivity contribution in [2.75, 3.05) is 14.2 Å². The Labute approximate surface area is 216 Å². The molecule has 4 aromatic carbocycles. The van der Waals surface area contributed by atoms with Crippen LogP contribution in [0.4, 0.5) is 9.59 Å². The number of benzene rings is 4. The molecular weight excluding hydrogens is 468 g/mol. The van der Waals surface area contributed by atoms with E-state index in [1.165, 1.54) is 14.2 Å². The Hall–Kier alpha value is -4.58. The van der Waals surface area contributed by atoms with E-state index >= 15 is 0 Å². The molecule has 0 aliphatic carbocycles. The van der Waals surface area contributed by atoms with E-state index < -0.39 is 17.7 Å². The van der Waals surface area contributed by atoms with Crippen LogP contribution < -0.4 is 9.47 Å². The summed E-state index contributed by atoms with van der Waals surface area (Å²) in [5.41, 5.74) is 4.90. The zero-order valence-electron chi connectivity index (χ0n) is 21.2. The van der Waals surface area contributed by atoms with Crippen LogP contribution in [0.1, 0.15) is 25.0 Å². The second-order valence-electron chi connectivity index (χ2n) is 8.89. The first kappa shape index (κ1) is 25.5. The fraction of sp³-hybridized carbons (Fsp3) is 0.161. The maximum atomic E-state index is 11.9. The minimum absolute atomic E-state index is 0.407. The average Bonchev–Trinajstić information content (AvgIpc) is 2.94. The van der Waals surface area contributed by atoms with E-state index in [0.29, 0.717) is 11.5 Å². The van der Waals surface area contributed by atoms with Crippen molar-refractivity contribution < 1.29 is 28.5 Å². The number of hydrogen-bond donors (Lipinski definition) is 0. The standard InChI is InChI=1S/C31H28O6/c1-31(2,23-15-17-27(36-29(32)34-3)25(19-23)21-11-7-5-8-12-21)24-16-18-28(37-30(33)35-4)26(20-24)22-13-9-6-10-14-22/h5-20H,1-4H3. The number of hydrogen-bond acceptors (Lipinski definition) is 6. The van der Waals surface area contributed by atoms with Crippen LogP contribution in [0, 0.1) is 0 Å². The van der Waals surface area contributed by atoms with Gasteiger partial charge in [0.25, 0.3) is 0 Å². The Morgan fingerprint density at radius 1 is 0.568 bits per heavy atom. The molecular formula is C31H28O6. The molecule has 0 spiro atoms. The molecule has 6 heteroatoms. The van der Waals surface area contributed by atoms with E-state index in [1.807, 2.05) is 84.9 Å². The van der Waals surface area contributed by atoms with Crippen LogP contribution in [0.3, 0.4) is 0 Å². The van der Waals surface area contributed by atoms with Crippen molar-refractivity contribution in [1.82, 2.24) is 0 Å². The van der Waals surface area contributed by atoms with Gasteiger partial charge >= 0.3 is 12.3 Å². The molecule has 0 radical (unpaired) electrons. The second kappa shape index (κ2) is 11.0. The molecule has 0 heterocycles. The summed E-state index contributed by atoms with van der Waals surface area (Å²) >= 11 is 0. The number of rotatable bonds is 6. The van der Waals surface area contributed by atoms with Crippen LogP contribution in [0.5, 0.6) is 11.5 Å². The molecule has 0 saturated heterocycles. The largest absolute Gasteiger partial charge is 0.513 e. The molecule has 0 fully saturated rings. The molecule has 0 unspecified atom stereocenters. The predicted octanol–water partition coefficient (Wildman–Crippen LogP) is 7.64. The third-order valence-corrected chi connectivity index (χ3v) is 6.29. The molecule has 4 aromatic rings. The van der Waals surface area contributed by atoms with Crippen LogP contribution in [0.15, 0.2) is 97.1 Å². The molecule has 0 atom stereocenters. The van der Waals surface area contributed by atoms with Gasteiger partial charge in [-0.05, 0) is 46.5 Å². The number of methoxy groups -OCH3 is 2. The van der Waals surface area contributed by atoms with Gasteiger partial charge in [0.1, 0.15) is 11.5 Å². The summed E-state index contributed by atoms with van der Waals surface area (Å²) in [4.78, 5) is 23.8. The molecule has 0 saturated carbocycles. The van der Waals surface area contributed by atoms with Gasteiger partial charge < -0.3 is 18.9 Å². The highest BCUT2D eigenvalue weighted by molar-refractivity contribution is 5.77. The molecule has 4 rings (SSSR count). The SMILES string of the molecule is COC(=O)Oc1ccc(C(C)(C)c2ccc(OC(=O)OC)c(-c3ccccc3)c2)cc1-c1ccccc1. The zero-order valence-corrected chi connectivity index (χ0v) is 21.2. The monoisotopic (exact) mass is 496 g/mol. The zero-order chi connectivity index (χ0) is 26.4. The summed E-state index contributed by atoms with van der Waals surface area (Å²) in [6.07, 6.45) is -1.56. The topological polar surface area (TPSA) is 71.1 Å². The van der Waals surface area contributed by atoms with E-state index in [-0.39, 0.29) is 0 Å². The quantitative estimate of drug-likeness (QED) is 0.202. The van der Waals surface area contributed by atoms with Gasteiger partial charge in [0.05, 0.1) is 14.2 Å². The molecule has 188 valence electrons. The van der Waals surface area contributed by atoms with E-state index in [9.17, 15) is 9.59 Å². The van der Waals surface area contributed by atoms with Crippen molar-refractivity contribution in [2.24, 2.45) is 0 Å². The van der Waals surface area contributed by atoms with Crippen molar-refractivity contribution in [2.45, 2.75) is 19.3 Å². The fourth-order valence-electron chi connectivity index (χ4n) is 4.13. The van der Waals surface area contributed by atoms with Gasteiger partial charge in [-0.1, -0.05) is 86.6 Å². The summed E-state index contributed by atoms with van der Waals surface area (Å²) in [5, 5.41) is 0. The molecule has 0 aromatic heterocycles. The number of ether oxygens (including phenoxy) is 4. The summed E-state index contributed by atoms with van der Waals surface area (Å²) in [7, 11) is 2.56. The molecule has 37 heavy (non-hydrogen) atoms. The molecule has 0 amide bonds. The molecule has 0 aliphatic rings. The van der Waals surface area contributed by atoms with Crippen molar-refractivity contribution in [1.29, 1.82) is 0 Å². The Morgan fingerprint density at radius 3 is 1.30 bits per heavy atom. The molecule has 0 bridgehead atoms. The van der Waals surface area contributed by atoms with Crippen molar-refractivity contribution in [3.8, 4) is 33.8 Å². The van der Waals surface area contributed by atoms with Crippen LogP contribution in [0.25, 0.3) is 22.3 Å². The Bertz CT molecular complexity index is 1290. The summed E-state index contributed by atoms with van der Waals surface area (Å²) in [6, 6.07) is 30.9. The Kier molecular flexibility index (Phi) is 7.58. The van der Waals surface area contributed by atoms with Gasteiger partial charge in [-0.2, -0.15) is 0 Å². The molecule has 0 N–H and O–H groups in total. The summed E-state index contributed by atoms with van der Waals surface area (Å²) in [6.45, 7) is 4.23. The van der Waals surface area contributed by atoms with E-state index in [0.717, 1.165) is 33.4 Å². The third-order valence-electron chi connectivity index (χ3n) is 6.29. The lowest BCUT2D eigenvalue weighted by Gasteiger charge is -2.28. The minimum Gasteiger partial charge on any atom is -0.437 e. The lowest BCUT2D eigenvalue weighted by Crippen LogP contribution is -2.20. The molecule has 6 nitrogen and oxygen atoms in total. The highest BCUT2D eigenvalue weighted by Gasteiger charge is 2.27. The van der Waals surface area contributed by atoms with Gasteiger partial charge in [0, 0.05) is 16.5 Å². The minimum atomic E-state index is -0.780. The van der Waals surface area contributed by atoms with E-state index in [4.69, 9.17) is 18.9 Å². The van der Waals surface area contributed by atoms with Gasteiger partial charge in [0.15, 0.2) is 0 Å². The lowest BCUT2D eigenvalue weighted by atomic mass is 9.76. The Balaban J connectivity index is 1.82. The predicted molar refractivity (Wildman–Crippen MR) is 142 cm³/mol. The number of carbonyl (C=O) groups excluding carboxylic acids is 2. The summed E-state index contributed by atoms with van der Waals surface area (Å²) < 4.78 is 20.3. The normalized spacial score (nSPS) is 10.9. The first-order valence-electron chi connectivity index (χ1n) is 11.7. The van der Waals surface area contributed by atoms with Gasteiger partial charge in [-0.15, -0.1) is 0 Å². The first-order valence-corrected chi connectivity index (χ1v) is 11.7. The maximum Gasteiger partial charge on any atom is 0.513 e. The van der Waals surface area contributed by atoms with Crippen LogP contribution >= 0.6 is 0 Å². The van der Waals surface area contributed by atoms with Crippen molar-refractivity contribution in [3.63, 3.8) is 0 Å². The smallest absolute Gasteiger partial charge is 0.437 e. The average molecular weight is 497 g/mol. The van der Waals surface area contributed by atoms with Crippen molar-refractivity contribution in [3.05, 3.63) is 108 Å². The van der Waals surface area contributed by atoms with Crippen LogP contribution in [0.2, 0.25) is 0 Å². The highest BCUT2D eigenvalue weighted by atomic mass is 16.7. The third kappa shape index (κ3) is 5.64. The summed E-state index contributed by atoms with van der Waals surface area (Å²) in [5.74, 6) is 0.814. The number of carbonyl (C=O) groups is 2. The van der Waals surface area contributed by atoms with E-state index in [1.54, 1.807) is 12.1 Å². The highest BCUT2D eigenvalue weighted by Crippen LogP contribution is 2.41.